The number of rotatable bonds is 3. The van der Waals surface area contributed by atoms with Crippen molar-refractivity contribution in [3.05, 3.63) is 48.3 Å². The van der Waals surface area contributed by atoms with Crippen molar-refractivity contribution in [3.8, 4) is 0 Å². The molecule has 0 aliphatic rings. The van der Waals surface area contributed by atoms with Crippen LogP contribution in [0.2, 0.25) is 0 Å². The average Bonchev–Trinajstić information content (AvgIpc) is 2.95. The van der Waals surface area contributed by atoms with Gasteiger partial charge in [-0.05, 0) is 6.92 Å². The zero-order valence-corrected chi connectivity index (χ0v) is 10.3. The summed E-state index contributed by atoms with van der Waals surface area (Å²) in [6.07, 6.45) is 5.21. The third-order valence-corrected chi connectivity index (χ3v) is 3.17. The second-order valence-electron chi connectivity index (χ2n) is 4.36. The molecule has 1 aromatic carbocycles. The lowest BCUT2D eigenvalue weighted by Crippen LogP contribution is -2.07. The van der Waals surface area contributed by atoms with Crippen LogP contribution in [-0.4, -0.2) is 19.1 Å². The predicted octanol–water partition coefficient (Wildman–Crippen LogP) is 2.52. The minimum Gasteiger partial charge on any atom is -0.333 e. The highest BCUT2D eigenvalue weighted by Crippen LogP contribution is 2.17. The molecule has 3 aromatic rings. The minimum absolute atomic E-state index is 0.459. The predicted molar refractivity (Wildman–Crippen MR) is 66.6 cm³/mol. The molecule has 2 aromatic heterocycles. The van der Waals surface area contributed by atoms with Gasteiger partial charge >= 0.3 is 0 Å². The van der Waals surface area contributed by atoms with Gasteiger partial charge in [-0.3, -0.25) is 0 Å². The number of aromatic nitrogens is 4. The van der Waals surface area contributed by atoms with Gasteiger partial charge in [0.25, 0.3) is 0 Å². The standard InChI is InChI=1S/C13H12F2N4/c1-9-16-2-3-18(9)4-5-19-8-17-12-6-10(14)11(15)7-13(12)19/h2-3,6-8H,4-5H2,1H3. The van der Waals surface area contributed by atoms with Gasteiger partial charge in [0, 0.05) is 37.6 Å². The molecule has 0 aliphatic carbocycles. The van der Waals surface area contributed by atoms with Gasteiger partial charge in [0.15, 0.2) is 11.6 Å². The Kier molecular flexibility index (Phi) is 2.77. The Balaban J connectivity index is 1.89. The first kappa shape index (κ1) is 11.8. The van der Waals surface area contributed by atoms with Crippen molar-refractivity contribution in [2.24, 2.45) is 0 Å². The molecule has 0 bridgehead atoms. The lowest BCUT2D eigenvalue weighted by atomic mass is 10.3. The minimum atomic E-state index is -0.872. The van der Waals surface area contributed by atoms with Crippen LogP contribution in [0, 0.1) is 18.6 Å². The summed E-state index contributed by atoms with van der Waals surface area (Å²) in [7, 11) is 0. The molecular formula is C13H12F2N4. The first-order valence-electron chi connectivity index (χ1n) is 5.93. The highest BCUT2D eigenvalue weighted by Gasteiger charge is 2.09. The van der Waals surface area contributed by atoms with Crippen molar-refractivity contribution in [1.82, 2.24) is 19.1 Å². The molecule has 19 heavy (non-hydrogen) atoms. The number of halogens is 2. The molecule has 0 spiro atoms. The Morgan fingerprint density at radius 1 is 1.05 bits per heavy atom. The van der Waals surface area contributed by atoms with E-state index in [-0.39, 0.29) is 0 Å². The molecule has 0 aliphatic heterocycles. The monoisotopic (exact) mass is 262 g/mol. The third kappa shape index (κ3) is 2.09. The summed E-state index contributed by atoms with van der Waals surface area (Å²) in [5.74, 6) is -0.807. The summed E-state index contributed by atoms with van der Waals surface area (Å²) < 4.78 is 30.1. The molecule has 0 saturated carbocycles. The zero-order valence-electron chi connectivity index (χ0n) is 10.3. The van der Waals surface area contributed by atoms with E-state index in [4.69, 9.17) is 0 Å². The summed E-state index contributed by atoms with van der Waals surface area (Å²) >= 11 is 0. The van der Waals surface area contributed by atoms with E-state index in [0.29, 0.717) is 24.1 Å². The van der Waals surface area contributed by atoms with Gasteiger partial charge in [-0.15, -0.1) is 0 Å². The summed E-state index contributed by atoms with van der Waals surface area (Å²) in [5, 5.41) is 0. The van der Waals surface area contributed by atoms with E-state index in [1.54, 1.807) is 17.1 Å². The van der Waals surface area contributed by atoms with Gasteiger partial charge in [-0.25, -0.2) is 18.7 Å². The first-order chi connectivity index (χ1) is 9.15. The van der Waals surface area contributed by atoms with Crippen LogP contribution in [0.5, 0.6) is 0 Å². The fraction of sp³-hybridized carbons (Fsp3) is 0.231. The normalized spacial score (nSPS) is 11.3. The fourth-order valence-electron chi connectivity index (χ4n) is 2.09. The second-order valence-corrected chi connectivity index (χ2v) is 4.36. The van der Waals surface area contributed by atoms with Crippen molar-refractivity contribution in [3.63, 3.8) is 0 Å². The fourth-order valence-corrected chi connectivity index (χ4v) is 2.09. The Hall–Kier alpha value is -2.24. The zero-order chi connectivity index (χ0) is 13.4. The van der Waals surface area contributed by atoms with Gasteiger partial charge in [-0.1, -0.05) is 0 Å². The van der Waals surface area contributed by atoms with E-state index in [2.05, 4.69) is 9.97 Å². The van der Waals surface area contributed by atoms with E-state index >= 15 is 0 Å². The maximum atomic E-state index is 13.3. The van der Waals surface area contributed by atoms with Crippen LogP contribution < -0.4 is 0 Å². The number of imidazole rings is 2. The molecule has 0 amide bonds. The Morgan fingerprint density at radius 3 is 2.53 bits per heavy atom. The highest BCUT2D eigenvalue weighted by atomic mass is 19.2. The van der Waals surface area contributed by atoms with Gasteiger partial charge in [0.2, 0.25) is 0 Å². The number of hydrogen-bond acceptors (Lipinski definition) is 2. The molecule has 0 N–H and O–H groups in total. The quantitative estimate of drug-likeness (QED) is 0.727. The van der Waals surface area contributed by atoms with Gasteiger partial charge in [0.05, 0.1) is 17.4 Å². The topological polar surface area (TPSA) is 35.6 Å². The van der Waals surface area contributed by atoms with Crippen LogP contribution in [0.1, 0.15) is 5.82 Å². The van der Waals surface area contributed by atoms with Crippen molar-refractivity contribution >= 4 is 11.0 Å². The number of nitrogens with zero attached hydrogens (tertiary/aromatic N) is 4. The maximum absolute atomic E-state index is 13.3. The summed E-state index contributed by atoms with van der Waals surface area (Å²) in [6.45, 7) is 3.25. The van der Waals surface area contributed by atoms with E-state index in [9.17, 15) is 8.78 Å². The Bertz CT molecular complexity index is 729. The molecule has 3 rings (SSSR count). The maximum Gasteiger partial charge on any atom is 0.161 e. The smallest absolute Gasteiger partial charge is 0.161 e. The molecule has 6 heteroatoms. The third-order valence-electron chi connectivity index (χ3n) is 3.17. The van der Waals surface area contributed by atoms with Gasteiger partial charge < -0.3 is 9.13 Å². The van der Waals surface area contributed by atoms with Crippen molar-refractivity contribution < 1.29 is 8.78 Å². The van der Waals surface area contributed by atoms with E-state index in [0.717, 1.165) is 11.9 Å². The average molecular weight is 262 g/mol. The molecule has 0 saturated heterocycles. The summed E-state index contributed by atoms with van der Waals surface area (Å²) in [5.41, 5.74) is 1.05. The van der Waals surface area contributed by atoms with E-state index in [1.807, 2.05) is 17.7 Å². The number of aryl methyl sites for hydroxylation is 3. The number of hydrogen-bond donors (Lipinski definition) is 0. The largest absolute Gasteiger partial charge is 0.333 e. The molecule has 0 fully saturated rings. The Morgan fingerprint density at radius 2 is 1.79 bits per heavy atom. The highest BCUT2D eigenvalue weighted by molar-refractivity contribution is 5.75. The first-order valence-corrected chi connectivity index (χ1v) is 5.93. The van der Waals surface area contributed by atoms with Crippen LogP contribution in [-0.2, 0) is 13.1 Å². The van der Waals surface area contributed by atoms with E-state index < -0.39 is 11.6 Å². The number of benzene rings is 1. The van der Waals surface area contributed by atoms with Crippen LogP contribution in [0.15, 0.2) is 30.9 Å². The van der Waals surface area contributed by atoms with E-state index in [1.165, 1.54) is 6.07 Å². The van der Waals surface area contributed by atoms with Crippen LogP contribution in [0.3, 0.4) is 0 Å². The summed E-state index contributed by atoms with van der Waals surface area (Å²) in [6, 6.07) is 2.29. The van der Waals surface area contributed by atoms with Crippen molar-refractivity contribution in [2.45, 2.75) is 20.0 Å². The number of fused-ring (bicyclic) bond motifs is 1. The van der Waals surface area contributed by atoms with Crippen molar-refractivity contribution in [2.75, 3.05) is 0 Å². The lowest BCUT2D eigenvalue weighted by molar-refractivity contribution is 0.509. The van der Waals surface area contributed by atoms with Crippen LogP contribution >= 0.6 is 0 Å². The van der Waals surface area contributed by atoms with Crippen molar-refractivity contribution in [1.29, 1.82) is 0 Å². The SMILES string of the molecule is Cc1nccn1CCn1cnc2cc(F)c(F)cc21. The Labute approximate surface area is 108 Å². The molecule has 4 nitrogen and oxygen atoms in total. The molecule has 0 atom stereocenters. The molecule has 0 unspecified atom stereocenters. The molecule has 2 heterocycles. The van der Waals surface area contributed by atoms with Gasteiger partial charge in [-0.2, -0.15) is 0 Å². The molecule has 98 valence electrons. The summed E-state index contributed by atoms with van der Waals surface area (Å²) in [4.78, 5) is 8.21. The van der Waals surface area contributed by atoms with Crippen LogP contribution in [0.4, 0.5) is 8.78 Å². The van der Waals surface area contributed by atoms with Crippen LogP contribution in [0.25, 0.3) is 11.0 Å². The second kappa shape index (κ2) is 4.46. The lowest BCUT2D eigenvalue weighted by Gasteiger charge is -2.07. The molecule has 0 radical (unpaired) electrons. The molecular weight excluding hydrogens is 250 g/mol. The van der Waals surface area contributed by atoms with Gasteiger partial charge in [0.1, 0.15) is 5.82 Å².